The minimum Gasteiger partial charge on any atom is -0.385 e. The van der Waals surface area contributed by atoms with Crippen molar-refractivity contribution in [3.05, 3.63) is 0 Å². The van der Waals surface area contributed by atoms with Gasteiger partial charge in [-0.3, -0.25) is 10.4 Å². The van der Waals surface area contributed by atoms with Gasteiger partial charge in [0.25, 0.3) is 0 Å². The number of nitrogens with two attached hydrogens (primary N) is 1. The number of guanidine groups is 1. The molecule has 19 heavy (non-hydrogen) atoms. The van der Waals surface area contributed by atoms with Crippen molar-refractivity contribution in [2.45, 2.75) is 52.9 Å². The van der Waals surface area contributed by atoms with Gasteiger partial charge in [0, 0.05) is 26.8 Å². The van der Waals surface area contributed by atoms with E-state index < -0.39 is 0 Å². The fourth-order valence-electron chi connectivity index (χ4n) is 1.80. The Morgan fingerprint density at radius 3 is 2.58 bits per heavy atom. The molecule has 0 spiro atoms. The first-order chi connectivity index (χ1) is 9.05. The molecule has 5 nitrogen and oxygen atoms in total. The van der Waals surface area contributed by atoms with Crippen molar-refractivity contribution in [2.24, 2.45) is 16.3 Å². The summed E-state index contributed by atoms with van der Waals surface area (Å²) in [5, 5.41) is 3.18. The predicted octanol–water partition coefficient (Wildman–Crippen LogP) is 2.04. The van der Waals surface area contributed by atoms with E-state index in [9.17, 15) is 0 Å². The molecule has 0 aromatic heterocycles. The number of aliphatic imine (C=N–C) groups is 1. The van der Waals surface area contributed by atoms with Crippen LogP contribution in [0.3, 0.4) is 0 Å². The van der Waals surface area contributed by atoms with E-state index in [0.717, 1.165) is 26.1 Å². The molecule has 0 radical (unpaired) electrons. The van der Waals surface area contributed by atoms with Crippen molar-refractivity contribution in [1.82, 2.24) is 10.7 Å². The standard InChI is InChI=1S/C14H32N4O/c1-5-6-7-9-14(2,3)12-17-13(18-15)16-10-8-11-19-4/h5-12,15H2,1-4H3,(H2,16,17,18). The molecule has 0 unspecified atom stereocenters. The molecule has 5 heteroatoms. The first-order valence-electron chi connectivity index (χ1n) is 7.29. The third-order valence-electron chi connectivity index (χ3n) is 3.08. The van der Waals surface area contributed by atoms with Crippen LogP contribution in [0.1, 0.15) is 52.9 Å². The summed E-state index contributed by atoms with van der Waals surface area (Å²) in [7, 11) is 1.70. The van der Waals surface area contributed by atoms with Crippen LogP contribution >= 0.6 is 0 Å². The molecule has 0 atom stereocenters. The topological polar surface area (TPSA) is 71.7 Å². The van der Waals surface area contributed by atoms with Crippen molar-refractivity contribution >= 4 is 5.96 Å². The number of unbranched alkanes of at least 4 members (excludes halogenated alkanes) is 2. The SMILES string of the molecule is CCCCCC(C)(C)CN=C(NN)NCCCOC. The molecular formula is C14H32N4O. The minimum absolute atomic E-state index is 0.228. The fourth-order valence-corrected chi connectivity index (χ4v) is 1.80. The largest absolute Gasteiger partial charge is 0.385 e. The summed E-state index contributed by atoms with van der Waals surface area (Å²) in [5.41, 5.74) is 2.84. The van der Waals surface area contributed by atoms with Crippen molar-refractivity contribution in [3.8, 4) is 0 Å². The van der Waals surface area contributed by atoms with Crippen LogP contribution in [0.5, 0.6) is 0 Å². The Labute approximate surface area is 118 Å². The van der Waals surface area contributed by atoms with Crippen LogP contribution in [0.4, 0.5) is 0 Å². The van der Waals surface area contributed by atoms with Gasteiger partial charge in [-0.25, -0.2) is 5.84 Å². The molecule has 0 heterocycles. The first-order valence-corrected chi connectivity index (χ1v) is 7.29. The summed E-state index contributed by atoms with van der Waals surface area (Å²) in [5.74, 6) is 6.13. The summed E-state index contributed by atoms with van der Waals surface area (Å²) in [4.78, 5) is 4.52. The lowest BCUT2D eigenvalue weighted by atomic mass is 9.87. The van der Waals surface area contributed by atoms with Crippen molar-refractivity contribution in [2.75, 3.05) is 26.8 Å². The van der Waals surface area contributed by atoms with Crippen LogP contribution in [0.2, 0.25) is 0 Å². The van der Waals surface area contributed by atoms with E-state index in [4.69, 9.17) is 10.6 Å². The Morgan fingerprint density at radius 2 is 2.00 bits per heavy atom. The zero-order valence-electron chi connectivity index (χ0n) is 13.1. The van der Waals surface area contributed by atoms with Crippen LogP contribution < -0.4 is 16.6 Å². The van der Waals surface area contributed by atoms with E-state index in [0.29, 0.717) is 5.96 Å². The zero-order chi connectivity index (χ0) is 14.6. The van der Waals surface area contributed by atoms with Crippen molar-refractivity contribution in [1.29, 1.82) is 0 Å². The lowest BCUT2D eigenvalue weighted by Crippen LogP contribution is -2.42. The van der Waals surface area contributed by atoms with E-state index in [-0.39, 0.29) is 5.41 Å². The monoisotopic (exact) mass is 272 g/mol. The molecule has 114 valence electrons. The molecule has 0 aliphatic rings. The normalized spacial score (nSPS) is 12.6. The third-order valence-corrected chi connectivity index (χ3v) is 3.08. The summed E-state index contributed by atoms with van der Waals surface area (Å²) >= 11 is 0. The van der Waals surface area contributed by atoms with Crippen LogP contribution in [-0.4, -0.2) is 32.8 Å². The number of nitrogens with zero attached hydrogens (tertiary/aromatic N) is 1. The smallest absolute Gasteiger partial charge is 0.205 e. The number of nitrogens with one attached hydrogen (secondary N) is 2. The number of hydrazine groups is 1. The number of hydrogen-bond acceptors (Lipinski definition) is 3. The third kappa shape index (κ3) is 10.8. The Morgan fingerprint density at radius 1 is 1.26 bits per heavy atom. The van der Waals surface area contributed by atoms with Gasteiger partial charge in [-0.2, -0.15) is 0 Å². The quantitative estimate of drug-likeness (QED) is 0.187. The average molecular weight is 272 g/mol. The highest BCUT2D eigenvalue weighted by Gasteiger charge is 2.16. The second-order valence-corrected chi connectivity index (χ2v) is 5.70. The summed E-state index contributed by atoms with van der Waals surface area (Å²) < 4.78 is 4.99. The Kier molecular flexibility index (Phi) is 10.6. The van der Waals surface area contributed by atoms with Crippen LogP contribution in [0.25, 0.3) is 0 Å². The van der Waals surface area contributed by atoms with Crippen molar-refractivity contribution in [3.63, 3.8) is 0 Å². The van der Waals surface area contributed by atoms with Gasteiger partial charge >= 0.3 is 0 Å². The summed E-state index contributed by atoms with van der Waals surface area (Å²) in [6, 6.07) is 0. The lowest BCUT2D eigenvalue weighted by Gasteiger charge is -2.22. The Hall–Kier alpha value is -0.810. The predicted molar refractivity (Wildman–Crippen MR) is 82.0 cm³/mol. The van der Waals surface area contributed by atoms with Crippen LogP contribution in [0.15, 0.2) is 4.99 Å². The van der Waals surface area contributed by atoms with Gasteiger partial charge in [0.1, 0.15) is 0 Å². The van der Waals surface area contributed by atoms with E-state index in [1.54, 1.807) is 7.11 Å². The highest BCUT2D eigenvalue weighted by Crippen LogP contribution is 2.23. The second-order valence-electron chi connectivity index (χ2n) is 5.70. The maximum absolute atomic E-state index is 5.46. The molecule has 0 aliphatic heterocycles. The minimum atomic E-state index is 0.228. The van der Waals surface area contributed by atoms with E-state index in [1.165, 1.54) is 25.7 Å². The van der Waals surface area contributed by atoms with E-state index in [2.05, 4.69) is 36.5 Å². The van der Waals surface area contributed by atoms with Gasteiger partial charge in [0.2, 0.25) is 5.96 Å². The molecular weight excluding hydrogens is 240 g/mol. The highest BCUT2D eigenvalue weighted by molar-refractivity contribution is 5.79. The highest BCUT2D eigenvalue weighted by atomic mass is 16.5. The molecule has 0 amide bonds. The van der Waals surface area contributed by atoms with E-state index in [1.807, 2.05) is 0 Å². The summed E-state index contributed by atoms with van der Waals surface area (Å²) in [6.07, 6.45) is 5.97. The number of hydrogen-bond donors (Lipinski definition) is 3. The maximum Gasteiger partial charge on any atom is 0.205 e. The molecule has 4 N–H and O–H groups in total. The maximum atomic E-state index is 5.46. The number of methoxy groups -OCH3 is 1. The van der Waals surface area contributed by atoms with Gasteiger partial charge in [0.05, 0.1) is 0 Å². The Bertz CT molecular complexity index is 242. The molecule has 0 rings (SSSR count). The molecule has 0 saturated carbocycles. The van der Waals surface area contributed by atoms with Crippen molar-refractivity contribution < 1.29 is 4.74 Å². The molecule has 0 fully saturated rings. The first kappa shape index (κ1) is 18.2. The Balaban J connectivity index is 4.00. The molecule has 0 aromatic carbocycles. The van der Waals surface area contributed by atoms with Crippen LogP contribution in [0, 0.1) is 5.41 Å². The molecule has 0 aliphatic carbocycles. The van der Waals surface area contributed by atoms with Gasteiger partial charge in [-0.1, -0.05) is 40.0 Å². The zero-order valence-corrected chi connectivity index (χ0v) is 13.1. The molecule has 0 bridgehead atoms. The van der Waals surface area contributed by atoms with Gasteiger partial charge in [-0.05, 0) is 18.3 Å². The van der Waals surface area contributed by atoms with Gasteiger partial charge in [-0.15, -0.1) is 0 Å². The second kappa shape index (κ2) is 11.1. The fraction of sp³-hybridized carbons (Fsp3) is 0.929. The molecule has 0 aromatic rings. The number of rotatable bonds is 10. The van der Waals surface area contributed by atoms with Gasteiger partial charge < -0.3 is 10.1 Å². The van der Waals surface area contributed by atoms with Gasteiger partial charge in [0.15, 0.2) is 0 Å². The van der Waals surface area contributed by atoms with Crippen LogP contribution in [-0.2, 0) is 4.74 Å². The molecule has 0 saturated heterocycles. The van der Waals surface area contributed by atoms with E-state index >= 15 is 0 Å². The average Bonchev–Trinajstić information content (AvgIpc) is 2.38. The lowest BCUT2D eigenvalue weighted by molar-refractivity contribution is 0.195. The number of ether oxygens (including phenoxy) is 1. The summed E-state index contributed by atoms with van der Waals surface area (Å²) in [6.45, 7) is 9.08.